The Morgan fingerprint density at radius 3 is 2.31 bits per heavy atom. The second-order valence-corrected chi connectivity index (χ2v) is 9.63. The van der Waals surface area contributed by atoms with Crippen molar-refractivity contribution in [1.82, 2.24) is 10.2 Å². The molecule has 1 saturated carbocycles. The number of halogens is 1. The van der Waals surface area contributed by atoms with Crippen molar-refractivity contribution in [3.05, 3.63) is 35.4 Å². The number of benzene rings is 1. The Bertz CT molecular complexity index is 717. The van der Waals surface area contributed by atoms with Crippen LogP contribution in [0.2, 0.25) is 0 Å². The number of rotatable bonds is 5. The van der Waals surface area contributed by atoms with Gasteiger partial charge in [0.15, 0.2) is 5.78 Å². The molecule has 1 spiro atoms. The lowest BCUT2D eigenvalue weighted by Gasteiger charge is -2.33. The van der Waals surface area contributed by atoms with Gasteiger partial charge in [0.05, 0.1) is 0 Å². The van der Waals surface area contributed by atoms with E-state index in [2.05, 4.69) is 31.3 Å². The van der Waals surface area contributed by atoms with Crippen LogP contribution in [0.15, 0.2) is 24.3 Å². The minimum absolute atomic E-state index is 0. The lowest BCUT2D eigenvalue weighted by atomic mass is 9.87. The molecule has 1 atom stereocenters. The zero-order valence-electron chi connectivity index (χ0n) is 17.8. The Kier molecular flexibility index (Phi) is 7.06. The van der Waals surface area contributed by atoms with E-state index in [-0.39, 0.29) is 30.0 Å². The Balaban J connectivity index is 0.00000240. The number of hydrogen-bond donors (Lipinski definition) is 1. The first-order chi connectivity index (χ1) is 13.5. The zero-order chi connectivity index (χ0) is 19.7. The molecule has 2 heterocycles. The van der Waals surface area contributed by atoms with Crippen LogP contribution in [0, 0.1) is 23.2 Å². The summed E-state index contributed by atoms with van der Waals surface area (Å²) in [6, 6.07) is 8.17. The van der Waals surface area contributed by atoms with E-state index in [1.54, 1.807) is 0 Å². The van der Waals surface area contributed by atoms with Crippen molar-refractivity contribution in [3.63, 3.8) is 0 Å². The van der Waals surface area contributed by atoms with Gasteiger partial charge >= 0.3 is 0 Å². The second-order valence-electron chi connectivity index (χ2n) is 9.63. The number of carbonyl (C=O) groups excluding carboxylic acids is 2. The molecule has 2 aliphatic heterocycles. The summed E-state index contributed by atoms with van der Waals surface area (Å²) in [6.07, 6.45) is 6.03. The largest absolute Gasteiger partial charge is 0.342 e. The minimum Gasteiger partial charge on any atom is -0.342 e. The highest BCUT2D eigenvalue weighted by Crippen LogP contribution is 2.59. The highest BCUT2D eigenvalue weighted by molar-refractivity contribution is 5.98. The molecule has 1 aliphatic carbocycles. The molecule has 1 N–H and O–H groups in total. The monoisotopic (exact) mass is 418 g/mol. The third-order valence-electron chi connectivity index (χ3n) is 7.15. The molecule has 29 heavy (non-hydrogen) atoms. The molecule has 1 aromatic rings. The Hall–Kier alpha value is -1.39. The number of nitrogens with zero attached hydrogens (tertiary/aromatic N) is 1. The number of carbonyl (C=O) groups is 2. The van der Waals surface area contributed by atoms with Gasteiger partial charge in [0, 0.05) is 30.5 Å². The topological polar surface area (TPSA) is 49.4 Å². The predicted octanol–water partition coefficient (Wildman–Crippen LogP) is 4.12. The van der Waals surface area contributed by atoms with Gasteiger partial charge < -0.3 is 10.2 Å². The SMILES string of the molecule is CC(C)Cc1ccc(C(=O)C2CCN(C(=O)C3CC34CCNCC4)CC2)cc1.Cl. The van der Waals surface area contributed by atoms with Gasteiger partial charge in [-0.2, -0.15) is 0 Å². The number of piperidine rings is 2. The van der Waals surface area contributed by atoms with Crippen molar-refractivity contribution in [2.45, 2.75) is 52.4 Å². The van der Waals surface area contributed by atoms with Crippen LogP contribution in [0.3, 0.4) is 0 Å². The lowest BCUT2D eigenvalue weighted by molar-refractivity contribution is -0.134. The van der Waals surface area contributed by atoms with E-state index < -0.39 is 0 Å². The molecule has 3 fully saturated rings. The van der Waals surface area contributed by atoms with Crippen molar-refractivity contribution < 1.29 is 9.59 Å². The number of likely N-dealkylation sites (tertiary alicyclic amines) is 1. The van der Waals surface area contributed by atoms with E-state index in [1.165, 1.54) is 5.56 Å². The Morgan fingerprint density at radius 2 is 1.72 bits per heavy atom. The molecule has 0 radical (unpaired) electrons. The Labute approximate surface area is 181 Å². The first kappa shape index (κ1) is 22.3. The van der Waals surface area contributed by atoms with E-state index >= 15 is 0 Å². The smallest absolute Gasteiger partial charge is 0.226 e. The van der Waals surface area contributed by atoms with Gasteiger partial charge in [0.1, 0.15) is 0 Å². The van der Waals surface area contributed by atoms with Crippen molar-refractivity contribution in [2.24, 2.45) is 23.2 Å². The number of ketones is 1. The first-order valence-electron chi connectivity index (χ1n) is 11.1. The molecule has 0 bridgehead atoms. The summed E-state index contributed by atoms with van der Waals surface area (Å²) in [6.45, 7) is 8.01. The highest BCUT2D eigenvalue weighted by atomic mass is 35.5. The standard InChI is InChI=1S/C24H34N2O2.ClH/c1-17(2)15-18-3-5-19(6-4-18)22(27)20-7-13-26(14-8-20)23(28)21-16-24(21)9-11-25-12-10-24;/h3-6,17,20-21,25H,7-16H2,1-2H3;1H. The molecular formula is C24H35ClN2O2. The fourth-order valence-corrected chi connectivity index (χ4v) is 5.27. The summed E-state index contributed by atoms with van der Waals surface area (Å²) < 4.78 is 0. The minimum atomic E-state index is 0. The maximum atomic E-state index is 12.9. The summed E-state index contributed by atoms with van der Waals surface area (Å²) in [5, 5.41) is 3.40. The summed E-state index contributed by atoms with van der Waals surface area (Å²) in [5.41, 5.74) is 2.42. The second kappa shape index (κ2) is 9.18. The molecule has 2 saturated heterocycles. The Morgan fingerprint density at radius 1 is 1.10 bits per heavy atom. The average Bonchev–Trinajstić information content (AvgIpc) is 3.40. The van der Waals surface area contributed by atoms with Crippen LogP contribution >= 0.6 is 12.4 Å². The van der Waals surface area contributed by atoms with E-state index in [4.69, 9.17) is 0 Å². The van der Waals surface area contributed by atoms with Crippen LogP contribution in [0.1, 0.15) is 61.9 Å². The average molecular weight is 419 g/mol. The van der Waals surface area contributed by atoms with E-state index in [1.807, 2.05) is 17.0 Å². The zero-order valence-corrected chi connectivity index (χ0v) is 18.6. The van der Waals surface area contributed by atoms with E-state index in [9.17, 15) is 9.59 Å². The van der Waals surface area contributed by atoms with Gasteiger partial charge in [0.2, 0.25) is 5.91 Å². The van der Waals surface area contributed by atoms with Gasteiger partial charge in [-0.1, -0.05) is 38.1 Å². The predicted molar refractivity (Wildman–Crippen MR) is 119 cm³/mol. The highest BCUT2D eigenvalue weighted by Gasteiger charge is 2.58. The summed E-state index contributed by atoms with van der Waals surface area (Å²) in [4.78, 5) is 27.9. The third-order valence-corrected chi connectivity index (χ3v) is 7.15. The van der Waals surface area contributed by atoms with Crippen LogP contribution in [-0.4, -0.2) is 42.8 Å². The number of Topliss-reactive ketones (excluding diaryl/α,β-unsaturated/α-hetero) is 1. The van der Waals surface area contributed by atoms with Crippen LogP contribution in [-0.2, 0) is 11.2 Å². The van der Waals surface area contributed by atoms with Gasteiger partial charge in [0.25, 0.3) is 0 Å². The van der Waals surface area contributed by atoms with Crippen molar-refractivity contribution >= 4 is 24.1 Å². The summed E-state index contributed by atoms with van der Waals surface area (Å²) in [7, 11) is 0. The van der Waals surface area contributed by atoms with Crippen LogP contribution in [0.25, 0.3) is 0 Å². The van der Waals surface area contributed by atoms with Crippen LogP contribution < -0.4 is 5.32 Å². The van der Waals surface area contributed by atoms with Gasteiger partial charge in [-0.25, -0.2) is 0 Å². The maximum absolute atomic E-state index is 12.9. The van der Waals surface area contributed by atoms with Crippen molar-refractivity contribution in [2.75, 3.05) is 26.2 Å². The van der Waals surface area contributed by atoms with Crippen LogP contribution in [0.5, 0.6) is 0 Å². The fraction of sp³-hybridized carbons (Fsp3) is 0.667. The molecule has 1 aromatic carbocycles. The van der Waals surface area contributed by atoms with Crippen molar-refractivity contribution in [3.8, 4) is 0 Å². The number of nitrogens with one attached hydrogen (secondary N) is 1. The molecular weight excluding hydrogens is 384 g/mol. The molecule has 1 amide bonds. The molecule has 4 nitrogen and oxygen atoms in total. The molecule has 160 valence electrons. The summed E-state index contributed by atoms with van der Waals surface area (Å²) >= 11 is 0. The van der Waals surface area contributed by atoms with E-state index in [0.717, 1.165) is 70.3 Å². The molecule has 1 unspecified atom stereocenters. The molecule has 3 aliphatic rings. The number of amides is 1. The summed E-state index contributed by atoms with van der Waals surface area (Å²) in [5.74, 6) is 1.54. The van der Waals surface area contributed by atoms with E-state index in [0.29, 0.717) is 17.2 Å². The van der Waals surface area contributed by atoms with Crippen LogP contribution in [0.4, 0.5) is 0 Å². The number of hydrogen-bond acceptors (Lipinski definition) is 3. The fourth-order valence-electron chi connectivity index (χ4n) is 5.27. The lowest BCUT2D eigenvalue weighted by Crippen LogP contribution is -2.42. The van der Waals surface area contributed by atoms with Gasteiger partial charge in [-0.05, 0) is 68.5 Å². The first-order valence-corrected chi connectivity index (χ1v) is 11.1. The molecule has 0 aromatic heterocycles. The maximum Gasteiger partial charge on any atom is 0.226 e. The van der Waals surface area contributed by atoms with Gasteiger partial charge in [-0.3, -0.25) is 9.59 Å². The quantitative estimate of drug-likeness (QED) is 0.732. The van der Waals surface area contributed by atoms with Gasteiger partial charge in [-0.15, -0.1) is 12.4 Å². The molecule has 4 rings (SSSR count). The normalized spacial score (nSPS) is 23.7. The van der Waals surface area contributed by atoms with Crippen molar-refractivity contribution in [1.29, 1.82) is 0 Å². The third kappa shape index (κ3) is 4.86. The molecule has 5 heteroatoms.